The summed E-state index contributed by atoms with van der Waals surface area (Å²) in [6.45, 7) is 3.88. The highest BCUT2D eigenvalue weighted by Gasteiger charge is 2.15. The lowest BCUT2D eigenvalue weighted by atomic mass is 10.1. The van der Waals surface area contributed by atoms with Crippen LogP contribution < -0.4 is 14.5 Å². The molecule has 0 atom stereocenters. The maximum absolute atomic E-state index is 5.38. The highest BCUT2D eigenvalue weighted by atomic mass is 16.5. The Morgan fingerprint density at radius 3 is 1.17 bits per heavy atom. The highest BCUT2D eigenvalue weighted by molar-refractivity contribution is 5.81. The lowest BCUT2D eigenvalue weighted by Crippen LogP contribution is -2.12. The van der Waals surface area contributed by atoms with Crippen LogP contribution in [-0.2, 0) is 0 Å². The summed E-state index contributed by atoms with van der Waals surface area (Å²) in [5.74, 6) is 0.831. The van der Waals surface area contributed by atoms with Crippen molar-refractivity contribution in [2.45, 2.75) is 0 Å². The number of hydrogen-bond acceptors (Lipinski definition) is 3. The summed E-state index contributed by atoms with van der Waals surface area (Å²) < 4.78 is 5.38. The third-order valence-corrected chi connectivity index (χ3v) is 6.11. The van der Waals surface area contributed by atoms with Gasteiger partial charge in [0.1, 0.15) is 5.75 Å². The van der Waals surface area contributed by atoms with E-state index in [9.17, 15) is 0 Å². The second-order valence-electron chi connectivity index (χ2n) is 8.35. The number of methoxy groups -OCH3 is 1. The van der Waals surface area contributed by atoms with Gasteiger partial charge in [-0.05, 0) is 90.5 Å². The van der Waals surface area contributed by atoms with E-state index in [-0.39, 0.29) is 0 Å². The summed E-state index contributed by atoms with van der Waals surface area (Å²) in [4.78, 5) is 4.51. The van der Waals surface area contributed by atoms with Crippen LogP contribution in [0.3, 0.4) is 0 Å². The Hall–Kier alpha value is -4.76. The first-order chi connectivity index (χ1) is 17.8. The van der Waals surface area contributed by atoms with E-state index in [1.54, 1.807) is 7.11 Å². The molecule has 0 radical (unpaired) electrons. The molecule has 5 aromatic rings. The molecule has 0 aromatic heterocycles. The van der Waals surface area contributed by atoms with E-state index in [0.29, 0.717) is 0 Å². The fourth-order valence-corrected chi connectivity index (χ4v) is 4.29. The van der Waals surface area contributed by atoms with Gasteiger partial charge in [0.2, 0.25) is 0 Å². The first-order valence-electron chi connectivity index (χ1n) is 11.9. The zero-order valence-electron chi connectivity index (χ0n) is 20.3. The molecule has 3 heteroatoms. The van der Waals surface area contributed by atoms with Crippen molar-refractivity contribution >= 4 is 40.2 Å². The van der Waals surface area contributed by atoms with E-state index in [1.165, 1.54) is 0 Å². The van der Waals surface area contributed by atoms with Crippen LogP contribution in [0.4, 0.5) is 34.1 Å². The second kappa shape index (κ2) is 10.7. The molecule has 0 saturated carbocycles. The summed E-state index contributed by atoms with van der Waals surface area (Å²) in [5, 5.41) is 0. The van der Waals surface area contributed by atoms with E-state index in [2.05, 4.69) is 126 Å². The standard InChI is InChI=1S/C33H28N2O/c1-3-26-14-16-29(17-15-26)35(32-22-24-33(36-2)25-23-32)31-20-18-30(19-21-31)34(27-10-6-4-7-11-27)28-12-8-5-9-13-28/h3-25H,1H2,2H3. The first kappa shape index (κ1) is 23.0. The quantitative estimate of drug-likeness (QED) is 0.226. The minimum atomic E-state index is 0.831. The zero-order valence-corrected chi connectivity index (χ0v) is 20.3. The number of hydrogen-bond donors (Lipinski definition) is 0. The molecule has 0 amide bonds. The maximum Gasteiger partial charge on any atom is 0.119 e. The van der Waals surface area contributed by atoms with Gasteiger partial charge in [0.05, 0.1) is 7.11 Å². The van der Waals surface area contributed by atoms with E-state index < -0.39 is 0 Å². The highest BCUT2D eigenvalue weighted by Crippen LogP contribution is 2.39. The number of para-hydroxylation sites is 2. The summed E-state index contributed by atoms with van der Waals surface area (Å²) >= 11 is 0. The van der Waals surface area contributed by atoms with Crippen LogP contribution in [-0.4, -0.2) is 7.11 Å². The average molecular weight is 469 g/mol. The van der Waals surface area contributed by atoms with Crippen LogP contribution in [0.25, 0.3) is 6.08 Å². The van der Waals surface area contributed by atoms with Crippen molar-refractivity contribution in [2.75, 3.05) is 16.9 Å². The number of anilines is 6. The molecule has 0 saturated heterocycles. The number of benzene rings is 5. The molecule has 36 heavy (non-hydrogen) atoms. The molecule has 0 spiro atoms. The Kier molecular flexibility index (Phi) is 6.81. The predicted octanol–water partition coefficient (Wildman–Crippen LogP) is 9.28. The van der Waals surface area contributed by atoms with Gasteiger partial charge < -0.3 is 14.5 Å². The summed E-state index contributed by atoms with van der Waals surface area (Å²) in [6, 6.07) is 46.1. The van der Waals surface area contributed by atoms with E-state index in [4.69, 9.17) is 4.74 Å². The SMILES string of the molecule is C=Cc1ccc(N(c2ccc(OC)cc2)c2ccc(N(c3ccccc3)c3ccccc3)cc2)cc1. The van der Waals surface area contributed by atoms with Crippen molar-refractivity contribution in [1.29, 1.82) is 0 Å². The Morgan fingerprint density at radius 2 is 0.806 bits per heavy atom. The van der Waals surface area contributed by atoms with Crippen molar-refractivity contribution in [1.82, 2.24) is 0 Å². The average Bonchev–Trinajstić information content (AvgIpc) is 2.96. The normalized spacial score (nSPS) is 10.5. The minimum absolute atomic E-state index is 0.831. The molecule has 3 nitrogen and oxygen atoms in total. The molecule has 0 bridgehead atoms. The van der Waals surface area contributed by atoms with E-state index in [1.807, 2.05) is 30.3 Å². The van der Waals surface area contributed by atoms with Crippen molar-refractivity contribution < 1.29 is 4.74 Å². The first-order valence-corrected chi connectivity index (χ1v) is 11.9. The molecule has 0 unspecified atom stereocenters. The Labute approximate surface area is 213 Å². The van der Waals surface area contributed by atoms with Gasteiger partial charge in [-0.25, -0.2) is 0 Å². The van der Waals surface area contributed by atoms with Gasteiger partial charge in [-0.1, -0.05) is 61.2 Å². The summed E-state index contributed by atoms with van der Waals surface area (Å²) in [5.41, 5.74) is 7.60. The van der Waals surface area contributed by atoms with E-state index in [0.717, 1.165) is 45.4 Å². The maximum atomic E-state index is 5.38. The van der Waals surface area contributed by atoms with Crippen LogP contribution in [0, 0.1) is 0 Å². The fraction of sp³-hybridized carbons (Fsp3) is 0.0303. The Bertz CT molecular complexity index is 1360. The topological polar surface area (TPSA) is 15.7 Å². The van der Waals surface area contributed by atoms with Crippen LogP contribution in [0.5, 0.6) is 5.75 Å². The number of ether oxygens (including phenoxy) is 1. The molecular formula is C33H28N2O. The largest absolute Gasteiger partial charge is 0.497 e. The molecule has 0 heterocycles. The predicted molar refractivity (Wildman–Crippen MR) is 152 cm³/mol. The second-order valence-corrected chi connectivity index (χ2v) is 8.35. The van der Waals surface area contributed by atoms with Crippen LogP contribution in [0.15, 0.2) is 140 Å². The molecule has 0 fully saturated rings. The smallest absolute Gasteiger partial charge is 0.119 e. The number of rotatable bonds is 8. The van der Waals surface area contributed by atoms with E-state index >= 15 is 0 Å². The number of nitrogens with zero attached hydrogens (tertiary/aromatic N) is 2. The zero-order chi connectivity index (χ0) is 24.7. The van der Waals surface area contributed by atoms with Gasteiger partial charge in [-0.15, -0.1) is 0 Å². The third-order valence-electron chi connectivity index (χ3n) is 6.11. The van der Waals surface area contributed by atoms with Crippen LogP contribution in [0.1, 0.15) is 5.56 Å². The van der Waals surface area contributed by atoms with Gasteiger partial charge in [0.25, 0.3) is 0 Å². The fourth-order valence-electron chi connectivity index (χ4n) is 4.29. The van der Waals surface area contributed by atoms with Crippen molar-refractivity contribution in [3.63, 3.8) is 0 Å². The summed E-state index contributed by atoms with van der Waals surface area (Å²) in [7, 11) is 1.69. The Morgan fingerprint density at radius 1 is 0.472 bits per heavy atom. The lowest BCUT2D eigenvalue weighted by Gasteiger charge is -2.28. The van der Waals surface area contributed by atoms with Gasteiger partial charge in [0, 0.05) is 34.1 Å². The van der Waals surface area contributed by atoms with Gasteiger partial charge in [-0.3, -0.25) is 0 Å². The summed E-state index contributed by atoms with van der Waals surface area (Å²) in [6.07, 6.45) is 1.86. The molecule has 0 N–H and O–H groups in total. The van der Waals surface area contributed by atoms with Gasteiger partial charge >= 0.3 is 0 Å². The molecule has 5 rings (SSSR count). The minimum Gasteiger partial charge on any atom is -0.497 e. The molecule has 0 aliphatic heterocycles. The van der Waals surface area contributed by atoms with Crippen LogP contribution >= 0.6 is 0 Å². The van der Waals surface area contributed by atoms with Gasteiger partial charge in [0.15, 0.2) is 0 Å². The third kappa shape index (κ3) is 4.86. The van der Waals surface area contributed by atoms with Crippen molar-refractivity contribution in [2.24, 2.45) is 0 Å². The molecule has 176 valence electrons. The lowest BCUT2D eigenvalue weighted by molar-refractivity contribution is 0.415. The molecule has 0 aliphatic rings. The van der Waals surface area contributed by atoms with Crippen molar-refractivity contribution in [3.05, 3.63) is 146 Å². The Balaban J connectivity index is 1.56. The molecule has 0 aliphatic carbocycles. The molecule has 5 aromatic carbocycles. The van der Waals surface area contributed by atoms with Crippen LogP contribution in [0.2, 0.25) is 0 Å². The van der Waals surface area contributed by atoms with Crippen molar-refractivity contribution in [3.8, 4) is 5.75 Å². The molecular weight excluding hydrogens is 440 g/mol. The van der Waals surface area contributed by atoms with Gasteiger partial charge in [-0.2, -0.15) is 0 Å². The monoisotopic (exact) mass is 468 g/mol.